The number of hydrogen-bond acceptors (Lipinski definition) is 3. The predicted molar refractivity (Wildman–Crippen MR) is 66.8 cm³/mol. The molecule has 0 aliphatic rings. The molecule has 0 spiro atoms. The van der Waals surface area contributed by atoms with Gasteiger partial charge in [-0.15, -0.1) is 0 Å². The van der Waals surface area contributed by atoms with Crippen LogP contribution >= 0.6 is 0 Å². The molecule has 104 valence electrons. The fourth-order valence-corrected chi connectivity index (χ4v) is 1.59. The molecule has 0 saturated heterocycles. The van der Waals surface area contributed by atoms with Crippen molar-refractivity contribution in [1.82, 2.24) is 5.32 Å². The molecule has 0 heterocycles. The van der Waals surface area contributed by atoms with Crippen molar-refractivity contribution in [3.63, 3.8) is 0 Å². The Kier molecular flexibility index (Phi) is 5.29. The number of carboxylic acid groups (broad SMARTS) is 1. The lowest BCUT2D eigenvalue weighted by molar-refractivity contribution is -0.139. The van der Waals surface area contributed by atoms with E-state index in [4.69, 9.17) is 9.84 Å². The van der Waals surface area contributed by atoms with E-state index in [2.05, 4.69) is 5.32 Å². The molecule has 0 aliphatic carbocycles. The monoisotopic (exact) mass is 269 g/mol. The fraction of sp³-hybridized carbons (Fsp3) is 0.385. The first-order valence-electron chi connectivity index (χ1n) is 5.86. The van der Waals surface area contributed by atoms with Crippen molar-refractivity contribution in [2.24, 2.45) is 0 Å². The summed E-state index contributed by atoms with van der Waals surface area (Å²) in [5.41, 5.74) is 0.153. The van der Waals surface area contributed by atoms with Crippen molar-refractivity contribution in [3.05, 3.63) is 29.6 Å². The summed E-state index contributed by atoms with van der Waals surface area (Å²) in [6.45, 7) is 1.82. The minimum Gasteiger partial charge on any atom is -0.494 e. The molecule has 5 nitrogen and oxygen atoms in total. The Morgan fingerprint density at radius 2 is 2.16 bits per heavy atom. The topological polar surface area (TPSA) is 75.6 Å². The molecule has 1 aromatic carbocycles. The number of carbonyl (C=O) groups excluding carboxylic acids is 1. The average molecular weight is 269 g/mol. The zero-order valence-electron chi connectivity index (χ0n) is 10.8. The minimum absolute atomic E-state index is 0.0602. The highest BCUT2D eigenvalue weighted by atomic mass is 19.1. The first kappa shape index (κ1) is 14.9. The van der Waals surface area contributed by atoms with Gasteiger partial charge in [0, 0.05) is 5.56 Å². The number of rotatable bonds is 6. The smallest absolute Gasteiger partial charge is 0.326 e. The van der Waals surface area contributed by atoms with E-state index in [0.29, 0.717) is 12.8 Å². The van der Waals surface area contributed by atoms with Gasteiger partial charge in [0.25, 0.3) is 5.91 Å². The number of ether oxygens (including phenoxy) is 1. The minimum atomic E-state index is -1.09. The highest BCUT2D eigenvalue weighted by Gasteiger charge is 2.20. The summed E-state index contributed by atoms with van der Waals surface area (Å²) in [5, 5.41) is 11.3. The van der Waals surface area contributed by atoms with Crippen LogP contribution in [0.1, 0.15) is 30.1 Å². The summed E-state index contributed by atoms with van der Waals surface area (Å²) >= 11 is 0. The molecule has 19 heavy (non-hydrogen) atoms. The van der Waals surface area contributed by atoms with Crippen LogP contribution in [0, 0.1) is 5.82 Å². The largest absolute Gasteiger partial charge is 0.494 e. The second-order valence-electron chi connectivity index (χ2n) is 4.00. The summed E-state index contributed by atoms with van der Waals surface area (Å²) < 4.78 is 18.0. The predicted octanol–water partition coefficient (Wildman–Crippen LogP) is 1.82. The van der Waals surface area contributed by atoms with Gasteiger partial charge in [-0.05, 0) is 24.6 Å². The standard InChI is InChI=1S/C13H16FNO4/c1-3-4-10(13(17)18)15-12(16)8-5-6-9(14)11(7-8)19-2/h5-7,10H,3-4H2,1-2H3,(H,15,16)(H,17,18). The number of halogens is 1. The van der Waals surface area contributed by atoms with Gasteiger partial charge in [-0.1, -0.05) is 13.3 Å². The summed E-state index contributed by atoms with van der Waals surface area (Å²) in [6, 6.07) is 2.66. The first-order chi connectivity index (χ1) is 8.99. The Morgan fingerprint density at radius 1 is 1.47 bits per heavy atom. The van der Waals surface area contributed by atoms with Gasteiger partial charge in [-0.3, -0.25) is 4.79 Å². The van der Waals surface area contributed by atoms with Crippen molar-refractivity contribution < 1.29 is 23.8 Å². The Morgan fingerprint density at radius 3 is 2.68 bits per heavy atom. The number of amides is 1. The number of methoxy groups -OCH3 is 1. The van der Waals surface area contributed by atoms with Crippen LogP contribution in [0.15, 0.2) is 18.2 Å². The van der Waals surface area contributed by atoms with E-state index < -0.39 is 23.7 Å². The van der Waals surface area contributed by atoms with Crippen molar-refractivity contribution in [1.29, 1.82) is 0 Å². The highest BCUT2D eigenvalue weighted by molar-refractivity contribution is 5.96. The van der Waals surface area contributed by atoms with Gasteiger partial charge in [0.15, 0.2) is 11.6 Å². The molecular weight excluding hydrogens is 253 g/mol. The molecule has 1 amide bonds. The van der Waals surface area contributed by atoms with Gasteiger partial charge >= 0.3 is 5.97 Å². The van der Waals surface area contributed by atoms with Crippen LogP contribution in [-0.2, 0) is 4.79 Å². The van der Waals surface area contributed by atoms with E-state index >= 15 is 0 Å². The third-order valence-electron chi connectivity index (χ3n) is 2.59. The summed E-state index contributed by atoms with van der Waals surface area (Å²) in [7, 11) is 1.29. The fourth-order valence-electron chi connectivity index (χ4n) is 1.59. The van der Waals surface area contributed by atoms with Crippen LogP contribution in [0.3, 0.4) is 0 Å². The number of nitrogens with one attached hydrogen (secondary N) is 1. The number of carboxylic acids is 1. The van der Waals surface area contributed by atoms with Gasteiger partial charge in [0.2, 0.25) is 0 Å². The van der Waals surface area contributed by atoms with Crippen molar-refractivity contribution >= 4 is 11.9 Å². The van der Waals surface area contributed by atoms with Crippen molar-refractivity contribution in [2.75, 3.05) is 7.11 Å². The van der Waals surface area contributed by atoms with Crippen molar-refractivity contribution in [2.45, 2.75) is 25.8 Å². The summed E-state index contributed by atoms with van der Waals surface area (Å²) in [6.07, 6.45) is 0.962. The lowest BCUT2D eigenvalue weighted by atomic mass is 10.1. The van der Waals surface area contributed by atoms with E-state index in [-0.39, 0.29) is 11.3 Å². The molecular formula is C13H16FNO4. The summed E-state index contributed by atoms with van der Waals surface area (Å²) in [4.78, 5) is 22.8. The zero-order chi connectivity index (χ0) is 14.4. The highest BCUT2D eigenvalue weighted by Crippen LogP contribution is 2.18. The first-order valence-corrected chi connectivity index (χ1v) is 5.86. The van der Waals surface area contributed by atoms with Crippen LogP contribution in [-0.4, -0.2) is 30.1 Å². The normalized spacial score (nSPS) is 11.7. The van der Waals surface area contributed by atoms with Gasteiger partial charge in [0.1, 0.15) is 6.04 Å². The SMILES string of the molecule is CCCC(NC(=O)c1ccc(F)c(OC)c1)C(=O)O. The molecule has 1 rings (SSSR count). The number of hydrogen-bond donors (Lipinski definition) is 2. The van der Waals surface area contributed by atoms with E-state index in [0.717, 1.165) is 6.07 Å². The van der Waals surface area contributed by atoms with Crippen LogP contribution in [0.25, 0.3) is 0 Å². The van der Waals surface area contributed by atoms with Gasteiger partial charge in [-0.2, -0.15) is 0 Å². The van der Waals surface area contributed by atoms with E-state index in [9.17, 15) is 14.0 Å². The number of carbonyl (C=O) groups is 2. The quantitative estimate of drug-likeness (QED) is 0.826. The lowest BCUT2D eigenvalue weighted by Crippen LogP contribution is -2.40. The van der Waals surface area contributed by atoms with E-state index in [1.54, 1.807) is 0 Å². The summed E-state index contributed by atoms with van der Waals surface area (Å²) in [5.74, 6) is -2.30. The lowest BCUT2D eigenvalue weighted by Gasteiger charge is -2.14. The van der Waals surface area contributed by atoms with Gasteiger partial charge < -0.3 is 15.2 Å². The Labute approximate surface area is 110 Å². The molecule has 0 bridgehead atoms. The van der Waals surface area contributed by atoms with Crippen LogP contribution in [0.4, 0.5) is 4.39 Å². The van der Waals surface area contributed by atoms with Crippen molar-refractivity contribution in [3.8, 4) is 5.75 Å². The van der Waals surface area contributed by atoms with E-state index in [1.165, 1.54) is 19.2 Å². The molecule has 1 unspecified atom stereocenters. The third kappa shape index (κ3) is 3.94. The maximum atomic E-state index is 13.2. The van der Waals surface area contributed by atoms with Gasteiger partial charge in [0.05, 0.1) is 7.11 Å². The molecule has 1 atom stereocenters. The van der Waals surface area contributed by atoms with Crippen LogP contribution in [0.5, 0.6) is 5.75 Å². The molecule has 0 aliphatic heterocycles. The van der Waals surface area contributed by atoms with Gasteiger partial charge in [-0.25, -0.2) is 9.18 Å². The zero-order valence-corrected chi connectivity index (χ0v) is 10.8. The van der Waals surface area contributed by atoms with Crippen LogP contribution < -0.4 is 10.1 Å². The molecule has 0 fully saturated rings. The molecule has 6 heteroatoms. The average Bonchev–Trinajstić information content (AvgIpc) is 2.38. The molecule has 1 aromatic rings. The Balaban J connectivity index is 2.85. The number of aliphatic carboxylic acids is 1. The molecule has 0 radical (unpaired) electrons. The molecule has 2 N–H and O–H groups in total. The van der Waals surface area contributed by atoms with E-state index in [1.807, 2.05) is 6.92 Å². The third-order valence-corrected chi connectivity index (χ3v) is 2.59. The maximum absolute atomic E-state index is 13.2. The Hall–Kier alpha value is -2.11. The Bertz CT molecular complexity index is 476. The van der Waals surface area contributed by atoms with Crippen LogP contribution in [0.2, 0.25) is 0 Å². The molecule has 0 saturated carbocycles. The number of benzene rings is 1. The molecule has 0 aromatic heterocycles. The maximum Gasteiger partial charge on any atom is 0.326 e. The second kappa shape index (κ2) is 6.72. The second-order valence-corrected chi connectivity index (χ2v) is 4.00.